The molecule has 2 aromatic carbocycles. The van der Waals surface area contributed by atoms with E-state index in [1.807, 2.05) is 54.6 Å². The number of nitrogens with zero attached hydrogens (tertiary/aromatic N) is 1. The summed E-state index contributed by atoms with van der Waals surface area (Å²) in [5, 5.41) is 0.833. The van der Waals surface area contributed by atoms with Crippen LogP contribution < -0.4 is 4.74 Å². The van der Waals surface area contributed by atoms with E-state index < -0.39 is 5.97 Å². The molecule has 1 aliphatic rings. The van der Waals surface area contributed by atoms with Crippen molar-refractivity contribution < 1.29 is 23.5 Å². The van der Waals surface area contributed by atoms with Crippen molar-refractivity contribution >= 4 is 22.8 Å². The molecule has 30 heavy (non-hydrogen) atoms. The van der Waals surface area contributed by atoms with Crippen LogP contribution in [0.5, 0.6) is 5.75 Å². The molecule has 0 spiro atoms. The molecule has 0 aliphatic heterocycles. The van der Waals surface area contributed by atoms with Crippen LogP contribution in [0.15, 0.2) is 59.0 Å². The summed E-state index contributed by atoms with van der Waals surface area (Å²) in [7, 11) is 0. The minimum Gasteiger partial charge on any atom is -0.489 e. The number of para-hydroxylation sites is 2. The average molecular weight is 407 g/mol. The summed E-state index contributed by atoms with van der Waals surface area (Å²) in [6.45, 7) is 2.67. The zero-order valence-corrected chi connectivity index (χ0v) is 17.0. The summed E-state index contributed by atoms with van der Waals surface area (Å²) in [6, 6.07) is 16.9. The fourth-order valence-electron chi connectivity index (χ4n) is 3.42. The predicted molar refractivity (Wildman–Crippen MR) is 112 cm³/mol. The number of amides is 1. The van der Waals surface area contributed by atoms with Gasteiger partial charge in [-0.15, -0.1) is 0 Å². The van der Waals surface area contributed by atoms with E-state index in [1.54, 1.807) is 11.8 Å². The zero-order chi connectivity index (χ0) is 20.9. The Labute approximate surface area is 175 Å². The second-order valence-corrected chi connectivity index (χ2v) is 7.44. The molecule has 1 saturated carbocycles. The number of carbonyl (C=O) groups is 2. The highest BCUT2D eigenvalue weighted by Gasteiger charge is 2.32. The van der Waals surface area contributed by atoms with Crippen LogP contribution >= 0.6 is 0 Å². The summed E-state index contributed by atoms with van der Waals surface area (Å²) in [4.78, 5) is 27.0. The van der Waals surface area contributed by atoms with Gasteiger partial charge in [0.05, 0.1) is 6.61 Å². The van der Waals surface area contributed by atoms with Gasteiger partial charge in [0, 0.05) is 17.5 Å². The lowest BCUT2D eigenvalue weighted by Crippen LogP contribution is -2.38. The summed E-state index contributed by atoms with van der Waals surface area (Å²) < 4.78 is 16.9. The lowest BCUT2D eigenvalue weighted by Gasteiger charge is -2.21. The van der Waals surface area contributed by atoms with Gasteiger partial charge in [-0.25, -0.2) is 0 Å². The van der Waals surface area contributed by atoms with Crippen molar-refractivity contribution in [1.29, 1.82) is 0 Å². The Hall–Kier alpha value is -3.28. The number of benzene rings is 2. The van der Waals surface area contributed by atoms with Crippen molar-refractivity contribution in [2.45, 2.75) is 26.4 Å². The monoisotopic (exact) mass is 407 g/mol. The maximum atomic E-state index is 13.4. The fourth-order valence-corrected chi connectivity index (χ4v) is 3.42. The Bertz CT molecular complexity index is 1020. The van der Waals surface area contributed by atoms with Crippen LogP contribution in [-0.4, -0.2) is 36.5 Å². The Morgan fingerprint density at radius 3 is 2.53 bits per heavy atom. The van der Waals surface area contributed by atoms with Gasteiger partial charge in [-0.1, -0.05) is 36.4 Å². The number of fused-ring (bicyclic) bond motifs is 1. The van der Waals surface area contributed by atoms with E-state index in [9.17, 15) is 9.59 Å². The quantitative estimate of drug-likeness (QED) is 0.491. The topological polar surface area (TPSA) is 69.0 Å². The first kappa shape index (κ1) is 20.0. The van der Waals surface area contributed by atoms with Crippen LogP contribution in [0.25, 0.3) is 11.0 Å². The van der Waals surface area contributed by atoms with Crippen LogP contribution in [0.2, 0.25) is 0 Å². The van der Waals surface area contributed by atoms with Crippen molar-refractivity contribution in [3.05, 3.63) is 65.9 Å². The van der Waals surface area contributed by atoms with Gasteiger partial charge in [0.2, 0.25) is 0 Å². The third kappa shape index (κ3) is 4.64. The third-order valence-electron chi connectivity index (χ3n) is 5.11. The maximum Gasteiger partial charge on any atom is 0.325 e. The molecular weight excluding hydrogens is 382 g/mol. The van der Waals surface area contributed by atoms with Crippen molar-refractivity contribution in [3.8, 4) is 5.75 Å². The molecule has 156 valence electrons. The van der Waals surface area contributed by atoms with Gasteiger partial charge in [0.15, 0.2) is 5.76 Å². The maximum absolute atomic E-state index is 13.4. The van der Waals surface area contributed by atoms with Crippen molar-refractivity contribution in [2.75, 3.05) is 19.7 Å². The highest BCUT2D eigenvalue weighted by atomic mass is 16.5. The van der Waals surface area contributed by atoms with E-state index in [0.717, 1.165) is 18.2 Å². The van der Waals surface area contributed by atoms with E-state index >= 15 is 0 Å². The molecule has 1 heterocycles. The van der Waals surface area contributed by atoms with Gasteiger partial charge in [-0.2, -0.15) is 0 Å². The smallest absolute Gasteiger partial charge is 0.325 e. The molecule has 6 nitrogen and oxygen atoms in total. The van der Waals surface area contributed by atoms with Crippen LogP contribution in [0.1, 0.15) is 35.9 Å². The summed E-state index contributed by atoms with van der Waals surface area (Å²) in [6.07, 6.45) is 2.13. The molecule has 6 heteroatoms. The second-order valence-electron chi connectivity index (χ2n) is 7.44. The molecule has 0 N–H and O–H groups in total. The van der Waals surface area contributed by atoms with Crippen molar-refractivity contribution in [3.63, 3.8) is 0 Å². The van der Waals surface area contributed by atoms with Gasteiger partial charge < -0.3 is 18.8 Å². The van der Waals surface area contributed by atoms with Gasteiger partial charge in [0.25, 0.3) is 5.91 Å². The largest absolute Gasteiger partial charge is 0.489 e. The summed E-state index contributed by atoms with van der Waals surface area (Å²) in [5.74, 6) is 0.638. The first-order valence-corrected chi connectivity index (χ1v) is 10.3. The van der Waals surface area contributed by atoms with Crippen molar-refractivity contribution in [1.82, 2.24) is 4.90 Å². The molecule has 0 bridgehead atoms. The number of ether oxygens (including phenoxy) is 2. The van der Waals surface area contributed by atoms with Gasteiger partial charge in [0.1, 0.15) is 24.5 Å². The van der Waals surface area contributed by atoms with Gasteiger partial charge in [-0.05, 0) is 43.9 Å². The average Bonchev–Trinajstić information content (AvgIpc) is 3.50. The lowest BCUT2D eigenvalue weighted by molar-refractivity contribution is -0.143. The highest BCUT2D eigenvalue weighted by Crippen LogP contribution is 2.32. The standard InChI is InChI=1S/C24H25NO5/c1-2-28-22(26)15-25(14-17-12-13-17)24(27)23-20(16-29-18-8-4-3-5-9-18)19-10-6-7-11-21(19)30-23/h3-11,17H,2,12-16H2,1H3. The molecule has 3 aromatic rings. The molecule has 1 aromatic heterocycles. The second kappa shape index (κ2) is 9.03. The molecule has 0 atom stereocenters. The van der Waals surface area contributed by atoms with E-state index in [-0.39, 0.29) is 31.4 Å². The Kier molecular flexibility index (Phi) is 6.02. The Morgan fingerprint density at radius 2 is 1.80 bits per heavy atom. The minimum absolute atomic E-state index is 0.0841. The van der Waals surface area contributed by atoms with Crippen LogP contribution in [0, 0.1) is 5.92 Å². The Balaban J connectivity index is 1.63. The zero-order valence-electron chi connectivity index (χ0n) is 17.0. The third-order valence-corrected chi connectivity index (χ3v) is 5.11. The first-order valence-electron chi connectivity index (χ1n) is 10.3. The fraction of sp³-hybridized carbons (Fsp3) is 0.333. The molecule has 0 radical (unpaired) electrons. The highest BCUT2D eigenvalue weighted by molar-refractivity contribution is 6.00. The lowest BCUT2D eigenvalue weighted by atomic mass is 10.1. The normalized spacial score (nSPS) is 13.2. The van der Waals surface area contributed by atoms with Crippen LogP contribution in [0.4, 0.5) is 0 Å². The molecular formula is C24H25NO5. The SMILES string of the molecule is CCOC(=O)CN(CC1CC1)C(=O)c1oc2ccccc2c1COc1ccccc1. The predicted octanol–water partition coefficient (Wildman–Crippen LogP) is 4.43. The van der Waals surface area contributed by atoms with E-state index in [1.165, 1.54) is 0 Å². The first-order chi connectivity index (χ1) is 14.7. The summed E-state index contributed by atoms with van der Waals surface area (Å²) >= 11 is 0. The Morgan fingerprint density at radius 1 is 1.07 bits per heavy atom. The molecule has 1 aliphatic carbocycles. The number of hydrogen-bond donors (Lipinski definition) is 0. The number of hydrogen-bond acceptors (Lipinski definition) is 5. The molecule has 4 rings (SSSR count). The minimum atomic E-state index is -0.412. The van der Waals surface area contributed by atoms with Gasteiger partial charge in [-0.3, -0.25) is 9.59 Å². The molecule has 1 amide bonds. The number of carbonyl (C=O) groups excluding carboxylic acids is 2. The summed E-state index contributed by atoms with van der Waals surface area (Å²) in [5.41, 5.74) is 1.30. The number of furan rings is 1. The number of rotatable bonds is 9. The molecule has 1 fully saturated rings. The van der Waals surface area contributed by atoms with E-state index in [0.29, 0.717) is 29.4 Å². The van der Waals surface area contributed by atoms with Crippen LogP contribution in [0.3, 0.4) is 0 Å². The molecule has 0 unspecified atom stereocenters. The van der Waals surface area contributed by atoms with Crippen molar-refractivity contribution in [2.24, 2.45) is 5.92 Å². The number of esters is 1. The van der Waals surface area contributed by atoms with Crippen LogP contribution in [-0.2, 0) is 16.1 Å². The van der Waals surface area contributed by atoms with Gasteiger partial charge >= 0.3 is 5.97 Å². The molecule has 0 saturated heterocycles. The van der Waals surface area contributed by atoms with E-state index in [2.05, 4.69) is 0 Å². The van der Waals surface area contributed by atoms with E-state index in [4.69, 9.17) is 13.9 Å².